The number of carbonyl (C=O) groups excluding carboxylic acids is 1. The van der Waals surface area contributed by atoms with Crippen molar-refractivity contribution in [1.29, 1.82) is 0 Å². The summed E-state index contributed by atoms with van der Waals surface area (Å²) >= 11 is 0. The Kier molecular flexibility index (Phi) is 4.16. The van der Waals surface area contributed by atoms with Crippen molar-refractivity contribution in [2.45, 2.75) is 26.7 Å². The van der Waals surface area contributed by atoms with Crippen LogP contribution in [0.5, 0.6) is 0 Å². The molecule has 6 heteroatoms. The third kappa shape index (κ3) is 3.15. The van der Waals surface area contributed by atoms with Crippen molar-refractivity contribution < 1.29 is 9.72 Å². The first-order chi connectivity index (χ1) is 9.89. The molecule has 0 atom stereocenters. The normalized spacial score (nSPS) is 15.6. The number of nitro benzene ring substituents is 1. The Morgan fingerprint density at radius 2 is 2.10 bits per heavy atom. The number of amides is 1. The fourth-order valence-corrected chi connectivity index (χ4v) is 2.50. The molecule has 1 aliphatic carbocycles. The monoisotopic (exact) mass is 291 g/mol. The predicted molar refractivity (Wildman–Crippen MR) is 81.5 cm³/mol. The van der Waals surface area contributed by atoms with Gasteiger partial charge in [0.25, 0.3) is 11.6 Å². The molecule has 1 aromatic rings. The Labute approximate surface area is 124 Å². The summed E-state index contributed by atoms with van der Waals surface area (Å²) in [6.07, 6.45) is 2.20. The molecule has 2 rings (SSSR count). The number of rotatable bonds is 6. The van der Waals surface area contributed by atoms with Gasteiger partial charge < -0.3 is 10.6 Å². The van der Waals surface area contributed by atoms with Crippen LogP contribution < -0.4 is 10.6 Å². The second-order valence-electron chi connectivity index (χ2n) is 5.94. The van der Waals surface area contributed by atoms with Crippen LogP contribution in [0.25, 0.3) is 0 Å². The molecule has 0 bridgehead atoms. The van der Waals surface area contributed by atoms with Crippen molar-refractivity contribution in [3.05, 3.63) is 33.9 Å². The van der Waals surface area contributed by atoms with E-state index in [1.165, 1.54) is 12.1 Å². The van der Waals surface area contributed by atoms with Gasteiger partial charge in [-0.05, 0) is 36.3 Å². The van der Waals surface area contributed by atoms with Gasteiger partial charge in [0.2, 0.25) is 0 Å². The molecular weight excluding hydrogens is 270 g/mol. The molecule has 1 amide bonds. The Morgan fingerprint density at radius 1 is 1.43 bits per heavy atom. The topological polar surface area (TPSA) is 84.3 Å². The number of benzene rings is 1. The molecule has 0 unspecified atom stereocenters. The van der Waals surface area contributed by atoms with Gasteiger partial charge in [-0.1, -0.05) is 13.8 Å². The number of hydrogen-bond donors (Lipinski definition) is 2. The highest BCUT2D eigenvalue weighted by atomic mass is 16.6. The van der Waals surface area contributed by atoms with Crippen molar-refractivity contribution >= 4 is 17.3 Å². The zero-order valence-corrected chi connectivity index (χ0v) is 12.6. The van der Waals surface area contributed by atoms with E-state index in [0.717, 1.165) is 12.8 Å². The standard InChI is InChI=1S/C15H21N3O3/c1-10(2)15(6-7-15)9-17-14(19)12-8-11(16-3)4-5-13(12)18(20)21/h4-5,8,10,16H,6-7,9H2,1-3H3,(H,17,19). The van der Waals surface area contributed by atoms with Crippen LogP contribution in [-0.2, 0) is 0 Å². The van der Waals surface area contributed by atoms with Gasteiger partial charge >= 0.3 is 0 Å². The van der Waals surface area contributed by atoms with Crippen LogP contribution in [0, 0.1) is 21.4 Å². The second-order valence-corrected chi connectivity index (χ2v) is 5.94. The lowest BCUT2D eigenvalue weighted by Gasteiger charge is -2.20. The first kappa shape index (κ1) is 15.3. The minimum absolute atomic E-state index is 0.103. The number of carbonyl (C=O) groups is 1. The maximum absolute atomic E-state index is 12.3. The highest BCUT2D eigenvalue weighted by Gasteiger charge is 2.45. The molecule has 0 saturated heterocycles. The maximum atomic E-state index is 12.3. The SMILES string of the molecule is CNc1ccc([N+](=O)[O-])c(C(=O)NCC2(C(C)C)CC2)c1. The summed E-state index contributed by atoms with van der Waals surface area (Å²) in [5.74, 6) is 0.113. The van der Waals surface area contributed by atoms with Gasteiger partial charge in [0, 0.05) is 25.3 Å². The number of nitrogens with one attached hydrogen (secondary N) is 2. The third-order valence-electron chi connectivity index (χ3n) is 4.44. The molecule has 1 fully saturated rings. The van der Waals surface area contributed by atoms with E-state index in [0.29, 0.717) is 18.2 Å². The van der Waals surface area contributed by atoms with E-state index in [2.05, 4.69) is 24.5 Å². The van der Waals surface area contributed by atoms with Gasteiger partial charge in [0.15, 0.2) is 0 Å². The van der Waals surface area contributed by atoms with E-state index in [1.54, 1.807) is 13.1 Å². The van der Waals surface area contributed by atoms with Crippen molar-refractivity contribution in [3.63, 3.8) is 0 Å². The van der Waals surface area contributed by atoms with Crippen molar-refractivity contribution in [1.82, 2.24) is 5.32 Å². The Balaban J connectivity index is 2.16. The Hall–Kier alpha value is -2.11. The lowest BCUT2D eigenvalue weighted by Crippen LogP contribution is -2.33. The lowest BCUT2D eigenvalue weighted by molar-refractivity contribution is -0.385. The molecule has 114 valence electrons. The molecule has 0 radical (unpaired) electrons. The minimum atomic E-state index is -0.524. The zero-order valence-electron chi connectivity index (χ0n) is 12.6. The van der Waals surface area contributed by atoms with Crippen LogP contribution in [0.4, 0.5) is 11.4 Å². The van der Waals surface area contributed by atoms with Crippen LogP contribution in [0.1, 0.15) is 37.0 Å². The summed E-state index contributed by atoms with van der Waals surface area (Å²) in [4.78, 5) is 22.8. The first-order valence-corrected chi connectivity index (χ1v) is 7.14. The quantitative estimate of drug-likeness (QED) is 0.623. The van der Waals surface area contributed by atoms with E-state index in [1.807, 2.05) is 0 Å². The summed E-state index contributed by atoms with van der Waals surface area (Å²) in [6.45, 7) is 4.86. The molecule has 0 aliphatic heterocycles. The minimum Gasteiger partial charge on any atom is -0.388 e. The van der Waals surface area contributed by atoms with Crippen molar-refractivity contribution in [2.24, 2.45) is 11.3 Å². The average Bonchev–Trinajstić information content (AvgIpc) is 3.25. The van der Waals surface area contributed by atoms with Crippen LogP contribution >= 0.6 is 0 Å². The van der Waals surface area contributed by atoms with Crippen LogP contribution in [0.3, 0.4) is 0 Å². The summed E-state index contributed by atoms with van der Waals surface area (Å²) in [7, 11) is 1.71. The van der Waals surface area contributed by atoms with Gasteiger partial charge in [-0.15, -0.1) is 0 Å². The molecule has 0 spiro atoms. The van der Waals surface area contributed by atoms with Gasteiger partial charge in [-0.25, -0.2) is 0 Å². The molecule has 21 heavy (non-hydrogen) atoms. The second kappa shape index (κ2) is 5.71. The molecule has 0 heterocycles. The van der Waals surface area contributed by atoms with E-state index in [4.69, 9.17) is 0 Å². The fourth-order valence-electron chi connectivity index (χ4n) is 2.50. The predicted octanol–water partition coefficient (Wildman–Crippen LogP) is 2.80. The van der Waals surface area contributed by atoms with Gasteiger partial charge in [0.1, 0.15) is 5.56 Å². The van der Waals surface area contributed by atoms with Crippen molar-refractivity contribution in [3.8, 4) is 0 Å². The van der Waals surface area contributed by atoms with Gasteiger partial charge in [-0.3, -0.25) is 14.9 Å². The van der Waals surface area contributed by atoms with Crippen molar-refractivity contribution in [2.75, 3.05) is 18.9 Å². The molecule has 6 nitrogen and oxygen atoms in total. The maximum Gasteiger partial charge on any atom is 0.282 e. The fraction of sp³-hybridized carbons (Fsp3) is 0.533. The molecule has 1 saturated carbocycles. The number of nitro groups is 1. The summed E-state index contributed by atoms with van der Waals surface area (Å²) in [6, 6.07) is 4.46. The number of hydrogen-bond acceptors (Lipinski definition) is 4. The van der Waals surface area contributed by atoms with E-state index < -0.39 is 4.92 Å². The molecule has 0 aromatic heterocycles. The van der Waals surface area contributed by atoms with E-state index >= 15 is 0 Å². The highest BCUT2D eigenvalue weighted by molar-refractivity contribution is 5.99. The van der Waals surface area contributed by atoms with Crippen LogP contribution in [0.2, 0.25) is 0 Å². The van der Waals surface area contributed by atoms with Gasteiger partial charge in [-0.2, -0.15) is 0 Å². The smallest absolute Gasteiger partial charge is 0.282 e. The third-order valence-corrected chi connectivity index (χ3v) is 4.44. The van der Waals surface area contributed by atoms with Gasteiger partial charge in [0.05, 0.1) is 4.92 Å². The van der Waals surface area contributed by atoms with Crippen LogP contribution in [-0.4, -0.2) is 24.4 Å². The van der Waals surface area contributed by atoms with E-state index in [9.17, 15) is 14.9 Å². The Bertz CT molecular complexity index is 565. The number of nitrogens with zero attached hydrogens (tertiary/aromatic N) is 1. The summed E-state index contributed by atoms with van der Waals surface area (Å²) < 4.78 is 0. The average molecular weight is 291 g/mol. The first-order valence-electron chi connectivity index (χ1n) is 7.14. The number of anilines is 1. The van der Waals surface area contributed by atoms with Crippen LogP contribution in [0.15, 0.2) is 18.2 Å². The highest BCUT2D eigenvalue weighted by Crippen LogP contribution is 2.51. The molecular formula is C15H21N3O3. The lowest BCUT2D eigenvalue weighted by atomic mass is 9.92. The molecule has 2 N–H and O–H groups in total. The summed E-state index contributed by atoms with van der Waals surface area (Å²) in [5.41, 5.74) is 0.786. The van der Waals surface area contributed by atoms with E-state index in [-0.39, 0.29) is 22.6 Å². The largest absolute Gasteiger partial charge is 0.388 e. The Morgan fingerprint density at radius 3 is 2.57 bits per heavy atom. The zero-order chi connectivity index (χ0) is 15.6. The summed E-state index contributed by atoms with van der Waals surface area (Å²) in [5, 5.41) is 16.8. The molecule has 1 aromatic carbocycles. The molecule has 1 aliphatic rings.